The molecule has 0 aliphatic carbocycles. The Morgan fingerprint density at radius 1 is 1.33 bits per heavy atom. The van der Waals surface area contributed by atoms with Crippen LogP contribution in [0.2, 0.25) is 0 Å². The molecule has 0 amide bonds. The van der Waals surface area contributed by atoms with Gasteiger partial charge in [0, 0.05) is 0 Å². The number of halogens is 1. The lowest BCUT2D eigenvalue weighted by Crippen LogP contribution is -2.03. The molecular formula is C8H17F. The van der Waals surface area contributed by atoms with Gasteiger partial charge in [0.15, 0.2) is 0 Å². The molecule has 0 aliphatic heterocycles. The lowest BCUT2D eigenvalue weighted by Gasteiger charge is -2.07. The van der Waals surface area contributed by atoms with Crippen LogP contribution < -0.4 is 0 Å². The number of rotatable bonds is 4. The van der Waals surface area contributed by atoms with Crippen molar-refractivity contribution in [2.75, 3.05) is 0 Å². The molecule has 0 unspecified atom stereocenters. The molecular weight excluding hydrogens is 115 g/mol. The number of hydrogen-bond donors (Lipinski definition) is 0. The zero-order chi connectivity index (χ0) is 7.28. The predicted octanol–water partition coefficient (Wildman–Crippen LogP) is 3.17. The van der Waals surface area contributed by atoms with Gasteiger partial charge in [0.25, 0.3) is 0 Å². The van der Waals surface area contributed by atoms with E-state index in [-0.39, 0.29) is 0 Å². The Labute approximate surface area is 57.5 Å². The van der Waals surface area contributed by atoms with Crippen LogP contribution in [0.4, 0.5) is 4.39 Å². The Kier molecular flexibility index (Phi) is 4.74. The summed E-state index contributed by atoms with van der Waals surface area (Å²) in [6.07, 6.45) is 1.87. The van der Waals surface area contributed by atoms with Gasteiger partial charge in [0.1, 0.15) is 6.17 Å². The molecule has 0 saturated carbocycles. The SMILES string of the molecule is CCC[C@H](F)CC(C)C. The molecule has 0 aromatic heterocycles. The molecule has 9 heavy (non-hydrogen) atoms. The standard InChI is InChI=1S/C8H17F/c1-4-5-8(9)6-7(2)3/h7-8H,4-6H2,1-3H3/t8-/m0/s1. The highest BCUT2D eigenvalue weighted by molar-refractivity contribution is 4.57. The molecule has 0 aromatic carbocycles. The van der Waals surface area contributed by atoms with Gasteiger partial charge in [-0.05, 0) is 18.8 Å². The lowest BCUT2D eigenvalue weighted by atomic mass is 10.0. The average Bonchev–Trinajstić information content (AvgIpc) is 1.63. The van der Waals surface area contributed by atoms with E-state index >= 15 is 0 Å². The van der Waals surface area contributed by atoms with E-state index in [1.807, 2.05) is 6.92 Å². The summed E-state index contributed by atoms with van der Waals surface area (Å²) in [6.45, 7) is 6.14. The van der Waals surface area contributed by atoms with Crippen molar-refractivity contribution in [1.82, 2.24) is 0 Å². The molecule has 1 heteroatoms. The summed E-state index contributed by atoms with van der Waals surface area (Å²) in [5.74, 6) is 0.506. The molecule has 0 aliphatic rings. The van der Waals surface area contributed by atoms with Gasteiger partial charge >= 0.3 is 0 Å². The molecule has 0 spiro atoms. The number of hydrogen-bond acceptors (Lipinski definition) is 0. The Morgan fingerprint density at radius 2 is 1.89 bits per heavy atom. The molecule has 0 rings (SSSR count). The van der Waals surface area contributed by atoms with E-state index in [4.69, 9.17) is 0 Å². The topological polar surface area (TPSA) is 0 Å². The van der Waals surface area contributed by atoms with E-state index in [0.29, 0.717) is 5.92 Å². The molecule has 0 fully saturated rings. The van der Waals surface area contributed by atoms with Gasteiger partial charge in [-0.25, -0.2) is 4.39 Å². The Morgan fingerprint density at radius 3 is 2.22 bits per heavy atom. The minimum absolute atomic E-state index is 0.506. The van der Waals surface area contributed by atoms with Crippen LogP contribution in [0.15, 0.2) is 0 Å². The maximum absolute atomic E-state index is 12.7. The molecule has 0 aromatic rings. The second-order valence-electron chi connectivity index (χ2n) is 3.02. The third-order valence-corrected chi connectivity index (χ3v) is 1.33. The van der Waals surface area contributed by atoms with Crippen molar-refractivity contribution in [3.8, 4) is 0 Å². The third kappa shape index (κ3) is 5.81. The van der Waals surface area contributed by atoms with Gasteiger partial charge in [0.05, 0.1) is 0 Å². The van der Waals surface area contributed by atoms with Crippen LogP contribution in [-0.2, 0) is 0 Å². The lowest BCUT2D eigenvalue weighted by molar-refractivity contribution is 0.265. The van der Waals surface area contributed by atoms with Crippen molar-refractivity contribution in [1.29, 1.82) is 0 Å². The molecule has 1 atom stereocenters. The van der Waals surface area contributed by atoms with Gasteiger partial charge in [-0.15, -0.1) is 0 Å². The van der Waals surface area contributed by atoms with Crippen molar-refractivity contribution in [3.05, 3.63) is 0 Å². The summed E-state index contributed by atoms with van der Waals surface area (Å²) in [4.78, 5) is 0. The largest absolute Gasteiger partial charge is 0.247 e. The van der Waals surface area contributed by atoms with Gasteiger partial charge in [-0.1, -0.05) is 27.2 Å². The third-order valence-electron chi connectivity index (χ3n) is 1.33. The first-order chi connectivity index (χ1) is 4.16. The fourth-order valence-corrected chi connectivity index (χ4v) is 0.943. The van der Waals surface area contributed by atoms with Crippen molar-refractivity contribution in [3.63, 3.8) is 0 Å². The van der Waals surface area contributed by atoms with Crippen molar-refractivity contribution in [2.24, 2.45) is 5.92 Å². The molecule has 0 nitrogen and oxygen atoms in total. The van der Waals surface area contributed by atoms with Gasteiger partial charge in [-0.3, -0.25) is 0 Å². The minimum Gasteiger partial charge on any atom is -0.247 e. The highest BCUT2D eigenvalue weighted by atomic mass is 19.1. The molecule has 0 saturated heterocycles. The predicted molar refractivity (Wildman–Crippen MR) is 39.3 cm³/mol. The van der Waals surface area contributed by atoms with Crippen molar-refractivity contribution < 1.29 is 4.39 Å². The fourth-order valence-electron chi connectivity index (χ4n) is 0.943. The van der Waals surface area contributed by atoms with E-state index < -0.39 is 6.17 Å². The van der Waals surface area contributed by atoms with E-state index in [1.54, 1.807) is 0 Å². The highest BCUT2D eigenvalue weighted by Gasteiger charge is 2.06. The summed E-state index contributed by atoms with van der Waals surface area (Å²) >= 11 is 0. The van der Waals surface area contributed by atoms with Crippen LogP contribution in [0.25, 0.3) is 0 Å². The van der Waals surface area contributed by atoms with Crippen LogP contribution in [0.1, 0.15) is 40.0 Å². The monoisotopic (exact) mass is 132 g/mol. The van der Waals surface area contributed by atoms with E-state index in [0.717, 1.165) is 19.3 Å². The Bertz CT molecular complexity index is 59.6. The van der Waals surface area contributed by atoms with Crippen LogP contribution >= 0.6 is 0 Å². The van der Waals surface area contributed by atoms with E-state index in [9.17, 15) is 4.39 Å². The molecule has 0 heterocycles. The van der Waals surface area contributed by atoms with Crippen LogP contribution in [0.3, 0.4) is 0 Å². The van der Waals surface area contributed by atoms with Crippen molar-refractivity contribution >= 4 is 0 Å². The molecule has 0 radical (unpaired) electrons. The second kappa shape index (κ2) is 4.78. The summed E-state index contributed by atoms with van der Waals surface area (Å²) in [5.41, 5.74) is 0. The maximum Gasteiger partial charge on any atom is 0.100 e. The van der Waals surface area contributed by atoms with E-state index in [1.165, 1.54) is 0 Å². The van der Waals surface area contributed by atoms with Crippen LogP contribution in [-0.4, -0.2) is 6.17 Å². The molecule has 0 bridgehead atoms. The highest BCUT2D eigenvalue weighted by Crippen LogP contribution is 2.12. The van der Waals surface area contributed by atoms with E-state index in [2.05, 4.69) is 13.8 Å². The molecule has 56 valence electrons. The maximum atomic E-state index is 12.7. The van der Waals surface area contributed by atoms with Crippen LogP contribution in [0.5, 0.6) is 0 Å². The van der Waals surface area contributed by atoms with Crippen molar-refractivity contribution in [2.45, 2.75) is 46.2 Å². The first-order valence-electron chi connectivity index (χ1n) is 3.80. The zero-order valence-corrected chi connectivity index (χ0v) is 6.65. The summed E-state index contributed by atoms with van der Waals surface area (Å²) in [7, 11) is 0. The minimum atomic E-state index is -0.560. The summed E-state index contributed by atoms with van der Waals surface area (Å²) in [6, 6.07) is 0. The average molecular weight is 132 g/mol. The van der Waals surface area contributed by atoms with Gasteiger partial charge in [-0.2, -0.15) is 0 Å². The Hall–Kier alpha value is -0.0700. The summed E-state index contributed by atoms with van der Waals surface area (Å²) < 4.78 is 12.7. The van der Waals surface area contributed by atoms with Gasteiger partial charge in [0.2, 0.25) is 0 Å². The zero-order valence-electron chi connectivity index (χ0n) is 6.65. The summed E-state index contributed by atoms with van der Waals surface area (Å²) in [5, 5.41) is 0. The number of alkyl halides is 1. The quantitative estimate of drug-likeness (QED) is 0.551. The molecule has 0 N–H and O–H groups in total. The first kappa shape index (κ1) is 8.93. The van der Waals surface area contributed by atoms with Gasteiger partial charge < -0.3 is 0 Å². The Balaban J connectivity index is 3.15. The first-order valence-corrected chi connectivity index (χ1v) is 3.80. The smallest absolute Gasteiger partial charge is 0.100 e. The fraction of sp³-hybridized carbons (Fsp3) is 1.00. The van der Waals surface area contributed by atoms with Crippen LogP contribution in [0, 0.1) is 5.92 Å². The normalized spacial score (nSPS) is 14.3. The second-order valence-corrected chi connectivity index (χ2v) is 3.02.